The maximum Gasteiger partial charge on any atom is 0.0992 e. The lowest BCUT2D eigenvalue weighted by atomic mass is 10.1. The molecule has 0 aliphatic rings. The van der Waals surface area contributed by atoms with Gasteiger partial charge in [-0.3, -0.25) is 0 Å². The number of benzene rings is 1. The molecule has 2 nitrogen and oxygen atoms in total. The van der Waals surface area contributed by atoms with E-state index in [-0.39, 0.29) is 0 Å². The molecule has 0 aliphatic carbocycles. The number of hydrogen-bond donors (Lipinski definition) is 1. The first-order chi connectivity index (χ1) is 8.70. The molecule has 0 saturated heterocycles. The summed E-state index contributed by atoms with van der Waals surface area (Å²) >= 11 is 7.87. The maximum atomic E-state index is 8.77. The van der Waals surface area contributed by atoms with Gasteiger partial charge in [-0.15, -0.1) is 11.3 Å². The third-order valence-corrected chi connectivity index (χ3v) is 4.16. The van der Waals surface area contributed by atoms with Crippen LogP contribution in [-0.4, -0.2) is 0 Å². The van der Waals surface area contributed by atoms with E-state index in [9.17, 15) is 0 Å². The molecule has 2 aromatic rings. The highest BCUT2D eigenvalue weighted by Crippen LogP contribution is 2.21. The molecule has 92 valence electrons. The van der Waals surface area contributed by atoms with Gasteiger partial charge in [-0.2, -0.15) is 5.26 Å². The SMILES string of the molecule is C[C@@H](NCc1ccc(C#N)cc1Cl)c1cccs1. The van der Waals surface area contributed by atoms with E-state index in [1.54, 1.807) is 23.5 Å². The molecule has 1 heterocycles. The summed E-state index contributed by atoms with van der Waals surface area (Å²) in [5.41, 5.74) is 1.61. The molecule has 0 spiro atoms. The Morgan fingerprint density at radius 3 is 2.89 bits per heavy atom. The summed E-state index contributed by atoms with van der Waals surface area (Å²) in [5, 5.41) is 14.9. The van der Waals surface area contributed by atoms with Crippen LogP contribution in [0.25, 0.3) is 0 Å². The van der Waals surface area contributed by atoms with Crippen LogP contribution in [0.4, 0.5) is 0 Å². The van der Waals surface area contributed by atoms with Crippen molar-refractivity contribution in [3.63, 3.8) is 0 Å². The summed E-state index contributed by atoms with van der Waals surface area (Å²) in [6.45, 7) is 2.83. The van der Waals surface area contributed by atoms with Crippen molar-refractivity contribution in [2.75, 3.05) is 0 Å². The minimum atomic E-state index is 0.303. The lowest BCUT2D eigenvalue weighted by Gasteiger charge is -2.13. The van der Waals surface area contributed by atoms with Crippen LogP contribution in [0.3, 0.4) is 0 Å². The number of nitriles is 1. The van der Waals surface area contributed by atoms with Crippen molar-refractivity contribution in [2.24, 2.45) is 0 Å². The second-order valence-electron chi connectivity index (χ2n) is 4.04. The van der Waals surface area contributed by atoms with E-state index < -0.39 is 0 Å². The Labute approximate surface area is 116 Å². The molecule has 0 aliphatic heterocycles. The Hall–Kier alpha value is -1.34. The van der Waals surface area contributed by atoms with Crippen molar-refractivity contribution < 1.29 is 0 Å². The quantitative estimate of drug-likeness (QED) is 0.912. The summed E-state index contributed by atoms with van der Waals surface area (Å²) in [4.78, 5) is 1.31. The molecule has 1 N–H and O–H groups in total. The van der Waals surface area contributed by atoms with Crippen LogP contribution in [0.15, 0.2) is 35.7 Å². The van der Waals surface area contributed by atoms with Crippen LogP contribution in [0, 0.1) is 11.3 Å². The lowest BCUT2D eigenvalue weighted by molar-refractivity contribution is 0.583. The summed E-state index contributed by atoms with van der Waals surface area (Å²) in [6, 6.07) is 11.9. The molecule has 1 aromatic heterocycles. The minimum Gasteiger partial charge on any atom is -0.305 e. The average molecular weight is 277 g/mol. The Morgan fingerprint density at radius 1 is 1.44 bits per heavy atom. The van der Waals surface area contributed by atoms with Crippen LogP contribution in [-0.2, 0) is 6.54 Å². The molecule has 18 heavy (non-hydrogen) atoms. The third kappa shape index (κ3) is 3.11. The van der Waals surface area contributed by atoms with Crippen LogP contribution in [0.2, 0.25) is 5.02 Å². The van der Waals surface area contributed by atoms with Crippen molar-refractivity contribution in [2.45, 2.75) is 19.5 Å². The normalized spacial score (nSPS) is 12.1. The van der Waals surface area contributed by atoms with Crippen molar-refractivity contribution in [3.8, 4) is 6.07 Å². The molecular weight excluding hydrogens is 264 g/mol. The zero-order valence-corrected chi connectivity index (χ0v) is 11.6. The number of nitrogens with zero attached hydrogens (tertiary/aromatic N) is 1. The van der Waals surface area contributed by atoms with Crippen LogP contribution in [0.5, 0.6) is 0 Å². The predicted molar refractivity (Wildman–Crippen MR) is 75.7 cm³/mol. The van der Waals surface area contributed by atoms with E-state index in [0.29, 0.717) is 23.2 Å². The molecule has 4 heteroatoms. The van der Waals surface area contributed by atoms with E-state index in [1.165, 1.54) is 4.88 Å². The van der Waals surface area contributed by atoms with Gasteiger partial charge >= 0.3 is 0 Å². The van der Waals surface area contributed by atoms with Crippen LogP contribution in [0.1, 0.15) is 29.0 Å². The van der Waals surface area contributed by atoms with Gasteiger partial charge in [-0.1, -0.05) is 23.7 Å². The van der Waals surface area contributed by atoms with Crippen molar-refractivity contribution >= 4 is 22.9 Å². The number of thiophene rings is 1. The van der Waals surface area contributed by atoms with Crippen molar-refractivity contribution in [1.29, 1.82) is 5.26 Å². The highest BCUT2D eigenvalue weighted by atomic mass is 35.5. The second kappa shape index (κ2) is 6.01. The molecule has 1 atom stereocenters. The molecule has 0 bridgehead atoms. The maximum absolute atomic E-state index is 8.77. The smallest absolute Gasteiger partial charge is 0.0992 e. The molecule has 0 amide bonds. The fourth-order valence-electron chi connectivity index (χ4n) is 1.66. The monoisotopic (exact) mass is 276 g/mol. The number of hydrogen-bond acceptors (Lipinski definition) is 3. The second-order valence-corrected chi connectivity index (χ2v) is 5.42. The van der Waals surface area contributed by atoms with Gasteiger partial charge in [0.15, 0.2) is 0 Å². The Bertz CT molecular complexity index is 558. The number of rotatable bonds is 4. The van der Waals surface area contributed by atoms with E-state index in [1.807, 2.05) is 12.1 Å². The third-order valence-electron chi connectivity index (χ3n) is 2.75. The molecular formula is C14H13ClN2S. The van der Waals surface area contributed by atoms with E-state index >= 15 is 0 Å². The van der Waals surface area contributed by atoms with Gasteiger partial charge in [0.05, 0.1) is 11.6 Å². The largest absolute Gasteiger partial charge is 0.305 e. The van der Waals surface area contributed by atoms with Crippen molar-refractivity contribution in [3.05, 3.63) is 56.7 Å². The zero-order chi connectivity index (χ0) is 13.0. The number of halogens is 1. The first-order valence-corrected chi connectivity index (χ1v) is 6.92. The fourth-order valence-corrected chi connectivity index (χ4v) is 2.67. The van der Waals surface area contributed by atoms with Gasteiger partial charge in [0.2, 0.25) is 0 Å². The first kappa shape index (κ1) is 13.1. The van der Waals surface area contributed by atoms with Gasteiger partial charge in [0.1, 0.15) is 0 Å². The van der Waals surface area contributed by atoms with Gasteiger partial charge in [0.25, 0.3) is 0 Å². The number of nitrogens with one attached hydrogen (secondary N) is 1. The molecule has 0 saturated carbocycles. The highest BCUT2D eigenvalue weighted by Gasteiger charge is 2.07. The summed E-state index contributed by atoms with van der Waals surface area (Å²) in [7, 11) is 0. The molecule has 0 fully saturated rings. The molecule has 1 aromatic carbocycles. The molecule has 2 rings (SSSR count). The minimum absolute atomic E-state index is 0.303. The van der Waals surface area contributed by atoms with Crippen LogP contribution < -0.4 is 5.32 Å². The Kier molecular flexibility index (Phi) is 4.38. The predicted octanol–water partition coefficient (Wildman–Crippen LogP) is 4.12. The Morgan fingerprint density at radius 2 is 2.28 bits per heavy atom. The average Bonchev–Trinajstić information content (AvgIpc) is 2.90. The van der Waals surface area contributed by atoms with Crippen LogP contribution >= 0.6 is 22.9 Å². The topological polar surface area (TPSA) is 35.8 Å². The lowest BCUT2D eigenvalue weighted by Crippen LogP contribution is -2.17. The summed E-state index contributed by atoms with van der Waals surface area (Å²) in [6.07, 6.45) is 0. The Balaban J connectivity index is 2.00. The van der Waals surface area contributed by atoms with Crippen molar-refractivity contribution in [1.82, 2.24) is 5.32 Å². The van der Waals surface area contributed by atoms with E-state index in [0.717, 1.165) is 5.56 Å². The molecule has 0 unspecified atom stereocenters. The molecule has 0 radical (unpaired) electrons. The van der Waals surface area contributed by atoms with Gasteiger partial charge < -0.3 is 5.32 Å². The van der Waals surface area contributed by atoms with Gasteiger partial charge in [-0.05, 0) is 36.1 Å². The van der Waals surface area contributed by atoms with Gasteiger partial charge in [0, 0.05) is 22.5 Å². The summed E-state index contributed by atoms with van der Waals surface area (Å²) < 4.78 is 0. The van der Waals surface area contributed by atoms with E-state index in [2.05, 4.69) is 29.8 Å². The van der Waals surface area contributed by atoms with E-state index in [4.69, 9.17) is 16.9 Å². The standard InChI is InChI=1S/C14H13ClN2S/c1-10(14-3-2-6-18-14)17-9-12-5-4-11(8-16)7-13(12)15/h2-7,10,17H,9H2,1H3/t10-/m1/s1. The highest BCUT2D eigenvalue weighted by molar-refractivity contribution is 7.10. The summed E-state index contributed by atoms with van der Waals surface area (Å²) in [5.74, 6) is 0. The fraction of sp³-hybridized carbons (Fsp3) is 0.214. The van der Waals surface area contributed by atoms with Gasteiger partial charge in [-0.25, -0.2) is 0 Å². The first-order valence-electron chi connectivity index (χ1n) is 5.66. The zero-order valence-electron chi connectivity index (χ0n) is 9.98.